The molecule has 1 aliphatic heterocycles. The van der Waals surface area contributed by atoms with Crippen LogP contribution < -0.4 is 16.4 Å². The lowest BCUT2D eigenvalue weighted by molar-refractivity contribution is -0.132. The standard InChI is InChI=1S/C15H23N5O3.HI/c1-3-17-15(19-10-4-7-13(21)20(2)9-10)18-8-11-5-6-12(23-11)14(16)22;/h5-6,10H,3-4,7-9H2,1-2H3,(H2,16,22)(H2,17,18,19);1H. The number of halogens is 1. The molecule has 2 rings (SSSR count). The second kappa shape index (κ2) is 9.50. The van der Waals surface area contributed by atoms with Gasteiger partial charge in [-0.15, -0.1) is 24.0 Å². The van der Waals surface area contributed by atoms with Crippen LogP contribution in [0.3, 0.4) is 0 Å². The highest BCUT2D eigenvalue weighted by molar-refractivity contribution is 14.0. The lowest BCUT2D eigenvalue weighted by atomic mass is 10.1. The highest BCUT2D eigenvalue weighted by Gasteiger charge is 2.23. The summed E-state index contributed by atoms with van der Waals surface area (Å²) < 4.78 is 5.30. The van der Waals surface area contributed by atoms with E-state index in [4.69, 9.17) is 10.2 Å². The molecule has 0 aliphatic carbocycles. The normalized spacial score (nSPS) is 18.1. The van der Waals surface area contributed by atoms with E-state index in [1.165, 1.54) is 6.07 Å². The van der Waals surface area contributed by atoms with E-state index in [1.807, 2.05) is 6.92 Å². The van der Waals surface area contributed by atoms with Gasteiger partial charge in [-0.1, -0.05) is 0 Å². The molecule has 8 nitrogen and oxygen atoms in total. The number of likely N-dealkylation sites (tertiary alicyclic amines) is 1. The van der Waals surface area contributed by atoms with Crippen LogP contribution in [0.15, 0.2) is 21.5 Å². The van der Waals surface area contributed by atoms with Crippen molar-refractivity contribution in [3.05, 3.63) is 23.7 Å². The number of nitrogens with two attached hydrogens (primary N) is 1. The molecule has 1 aromatic rings. The van der Waals surface area contributed by atoms with Gasteiger partial charge in [-0.05, 0) is 25.5 Å². The average Bonchev–Trinajstić information content (AvgIpc) is 2.98. The monoisotopic (exact) mass is 449 g/mol. The summed E-state index contributed by atoms with van der Waals surface area (Å²) in [5, 5.41) is 6.48. The van der Waals surface area contributed by atoms with E-state index in [0.717, 1.165) is 13.0 Å². The Morgan fingerprint density at radius 2 is 2.25 bits per heavy atom. The van der Waals surface area contributed by atoms with Crippen LogP contribution in [0.1, 0.15) is 36.1 Å². The number of likely N-dealkylation sites (N-methyl/N-ethyl adjacent to an activating group) is 1. The predicted molar refractivity (Wildman–Crippen MR) is 101 cm³/mol. The fraction of sp³-hybridized carbons (Fsp3) is 0.533. The van der Waals surface area contributed by atoms with Crippen molar-refractivity contribution in [1.82, 2.24) is 15.5 Å². The van der Waals surface area contributed by atoms with E-state index in [9.17, 15) is 9.59 Å². The van der Waals surface area contributed by atoms with Crippen LogP contribution in [0, 0.1) is 0 Å². The van der Waals surface area contributed by atoms with Gasteiger partial charge in [0.05, 0.1) is 0 Å². The Bertz CT molecular complexity index is 602. The highest BCUT2D eigenvalue weighted by atomic mass is 127. The third-order valence-electron chi connectivity index (χ3n) is 3.61. The number of nitrogens with one attached hydrogen (secondary N) is 2. The second-order valence-corrected chi connectivity index (χ2v) is 5.48. The summed E-state index contributed by atoms with van der Waals surface area (Å²) in [5.41, 5.74) is 5.15. The number of hydrogen-bond acceptors (Lipinski definition) is 4. The third-order valence-corrected chi connectivity index (χ3v) is 3.61. The van der Waals surface area contributed by atoms with Gasteiger partial charge in [-0.25, -0.2) is 4.99 Å². The van der Waals surface area contributed by atoms with Crippen molar-refractivity contribution < 1.29 is 14.0 Å². The molecule has 134 valence electrons. The highest BCUT2D eigenvalue weighted by Crippen LogP contribution is 2.10. The SMILES string of the molecule is CCNC(=NCc1ccc(C(N)=O)o1)NC1CCC(=O)N(C)C1.I. The van der Waals surface area contributed by atoms with Crippen molar-refractivity contribution in [1.29, 1.82) is 0 Å². The Kier molecular flexibility index (Phi) is 8.02. The first kappa shape index (κ1) is 20.3. The zero-order valence-electron chi connectivity index (χ0n) is 13.9. The van der Waals surface area contributed by atoms with Crippen molar-refractivity contribution in [2.45, 2.75) is 32.4 Å². The van der Waals surface area contributed by atoms with Gasteiger partial charge in [-0.3, -0.25) is 9.59 Å². The van der Waals surface area contributed by atoms with Gasteiger partial charge < -0.3 is 25.7 Å². The lowest BCUT2D eigenvalue weighted by Crippen LogP contribution is -2.51. The molecule has 0 radical (unpaired) electrons. The molecule has 0 aromatic carbocycles. The summed E-state index contributed by atoms with van der Waals surface area (Å²) in [4.78, 5) is 28.7. The topological polar surface area (TPSA) is 113 Å². The van der Waals surface area contributed by atoms with E-state index in [0.29, 0.717) is 31.2 Å². The summed E-state index contributed by atoms with van der Waals surface area (Å²) >= 11 is 0. The zero-order chi connectivity index (χ0) is 16.8. The summed E-state index contributed by atoms with van der Waals surface area (Å²) in [6, 6.07) is 3.38. The number of amides is 2. The number of carbonyl (C=O) groups is 2. The molecule has 9 heteroatoms. The van der Waals surface area contributed by atoms with Crippen molar-refractivity contribution in [2.24, 2.45) is 10.7 Å². The molecule has 1 saturated heterocycles. The van der Waals surface area contributed by atoms with Crippen LogP contribution >= 0.6 is 24.0 Å². The van der Waals surface area contributed by atoms with Crippen LogP contribution in [-0.4, -0.2) is 48.9 Å². The molecule has 0 bridgehead atoms. The quantitative estimate of drug-likeness (QED) is 0.348. The van der Waals surface area contributed by atoms with Gasteiger partial charge in [-0.2, -0.15) is 0 Å². The van der Waals surface area contributed by atoms with E-state index < -0.39 is 5.91 Å². The molecule has 24 heavy (non-hydrogen) atoms. The summed E-state index contributed by atoms with van der Waals surface area (Å²) in [7, 11) is 1.80. The summed E-state index contributed by atoms with van der Waals surface area (Å²) in [6.07, 6.45) is 1.31. The minimum absolute atomic E-state index is 0. The molecule has 1 atom stereocenters. The fourth-order valence-corrected chi connectivity index (χ4v) is 2.40. The van der Waals surface area contributed by atoms with Crippen molar-refractivity contribution in [2.75, 3.05) is 20.1 Å². The smallest absolute Gasteiger partial charge is 0.284 e. The Morgan fingerprint density at radius 1 is 1.50 bits per heavy atom. The number of aliphatic imine (C=N–C) groups is 1. The van der Waals surface area contributed by atoms with Crippen LogP contribution in [0.4, 0.5) is 0 Å². The number of piperidine rings is 1. The largest absolute Gasteiger partial charge is 0.454 e. The van der Waals surface area contributed by atoms with E-state index in [1.54, 1.807) is 18.0 Å². The van der Waals surface area contributed by atoms with E-state index in [-0.39, 0.29) is 41.7 Å². The van der Waals surface area contributed by atoms with Crippen LogP contribution in [0.2, 0.25) is 0 Å². The Balaban J connectivity index is 0.00000288. The first-order valence-corrected chi connectivity index (χ1v) is 7.67. The molecule has 0 spiro atoms. The Labute approximate surface area is 158 Å². The maximum Gasteiger partial charge on any atom is 0.284 e. The number of carbonyl (C=O) groups excluding carboxylic acids is 2. The molecule has 0 saturated carbocycles. The van der Waals surface area contributed by atoms with Gasteiger partial charge in [0.2, 0.25) is 5.91 Å². The van der Waals surface area contributed by atoms with Gasteiger partial charge in [0, 0.05) is 32.6 Å². The number of rotatable bonds is 5. The number of furan rings is 1. The number of primary amides is 1. The van der Waals surface area contributed by atoms with Gasteiger partial charge in [0.15, 0.2) is 11.7 Å². The number of hydrogen-bond donors (Lipinski definition) is 3. The first-order valence-electron chi connectivity index (χ1n) is 7.67. The molecule has 4 N–H and O–H groups in total. The maximum atomic E-state index is 11.5. The summed E-state index contributed by atoms with van der Waals surface area (Å²) in [6.45, 7) is 3.64. The maximum absolute atomic E-state index is 11.5. The molecule has 2 heterocycles. The van der Waals surface area contributed by atoms with Crippen LogP contribution in [0.5, 0.6) is 0 Å². The molecular formula is C15H24IN5O3. The Hall–Kier alpha value is -1.78. The van der Waals surface area contributed by atoms with E-state index in [2.05, 4.69) is 15.6 Å². The molecule has 1 fully saturated rings. The number of nitrogens with zero attached hydrogens (tertiary/aromatic N) is 2. The molecule has 1 aromatic heterocycles. The molecular weight excluding hydrogens is 425 g/mol. The molecule has 1 unspecified atom stereocenters. The fourth-order valence-electron chi connectivity index (χ4n) is 2.40. The predicted octanol–water partition coefficient (Wildman–Crippen LogP) is 0.672. The minimum atomic E-state index is -0.597. The van der Waals surface area contributed by atoms with Gasteiger partial charge in [0.25, 0.3) is 5.91 Å². The first-order chi connectivity index (χ1) is 11.0. The minimum Gasteiger partial charge on any atom is -0.454 e. The van der Waals surface area contributed by atoms with Gasteiger partial charge >= 0.3 is 0 Å². The average molecular weight is 449 g/mol. The van der Waals surface area contributed by atoms with Crippen molar-refractivity contribution in [3.63, 3.8) is 0 Å². The van der Waals surface area contributed by atoms with Crippen molar-refractivity contribution in [3.8, 4) is 0 Å². The molecule has 2 amide bonds. The zero-order valence-corrected chi connectivity index (χ0v) is 16.2. The Morgan fingerprint density at radius 3 is 2.83 bits per heavy atom. The summed E-state index contributed by atoms with van der Waals surface area (Å²) in [5.74, 6) is 0.907. The van der Waals surface area contributed by atoms with Gasteiger partial charge in [0.1, 0.15) is 12.3 Å². The lowest BCUT2D eigenvalue weighted by Gasteiger charge is -2.31. The second-order valence-electron chi connectivity index (χ2n) is 5.48. The van der Waals surface area contributed by atoms with Crippen LogP contribution in [-0.2, 0) is 11.3 Å². The van der Waals surface area contributed by atoms with E-state index >= 15 is 0 Å². The van der Waals surface area contributed by atoms with Crippen LogP contribution in [0.25, 0.3) is 0 Å². The number of guanidine groups is 1. The van der Waals surface area contributed by atoms with Crippen molar-refractivity contribution >= 4 is 41.8 Å². The third kappa shape index (κ3) is 5.69. The molecule has 1 aliphatic rings.